The van der Waals surface area contributed by atoms with Gasteiger partial charge in [0.25, 0.3) is 0 Å². The van der Waals surface area contributed by atoms with Crippen molar-refractivity contribution >= 4 is 33.2 Å². The zero-order chi connectivity index (χ0) is 13.0. The highest BCUT2D eigenvalue weighted by Gasteiger charge is 2.14. The summed E-state index contributed by atoms with van der Waals surface area (Å²) in [5.74, 6) is -0.161. The Morgan fingerprint density at radius 1 is 1.39 bits per heavy atom. The van der Waals surface area contributed by atoms with Gasteiger partial charge in [0.1, 0.15) is 6.04 Å². The van der Waals surface area contributed by atoms with Crippen LogP contribution >= 0.6 is 27.3 Å². The molecule has 1 amide bonds. The molecule has 0 bridgehead atoms. The Bertz CT molecular complexity index is 527. The Kier molecular flexibility index (Phi) is 4.52. The topological polar surface area (TPSA) is 55.1 Å². The highest BCUT2D eigenvalue weighted by molar-refractivity contribution is 9.10. The van der Waals surface area contributed by atoms with E-state index in [0.29, 0.717) is 6.54 Å². The molecule has 3 nitrogen and oxygen atoms in total. The van der Waals surface area contributed by atoms with Gasteiger partial charge in [-0.2, -0.15) is 0 Å². The second-order valence-electron chi connectivity index (χ2n) is 3.84. The summed E-state index contributed by atoms with van der Waals surface area (Å²) < 4.78 is 1.03. The molecule has 2 aromatic rings. The summed E-state index contributed by atoms with van der Waals surface area (Å²) in [7, 11) is 0. The molecule has 94 valence electrons. The van der Waals surface area contributed by atoms with Crippen LogP contribution in [-0.2, 0) is 11.3 Å². The number of thiophene rings is 1. The van der Waals surface area contributed by atoms with E-state index in [2.05, 4.69) is 21.2 Å². The summed E-state index contributed by atoms with van der Waals surface area (Å²) >= 11 is 4.97. The van der Waals surface area contributed by atoms with Crippen LogP contribution in [-0.4, -0.2) is 5.91 Å². The molecule has 0 unspecified atom stereocenters. The lowest BCUT2D eigenvalue weighted by Crippen LogP contribution is -2.33. The van der Waals surface area contributed by atoms with Gasteiger partial charge in [0.15, 0.2) is 0 Å². The predicted molar refractivity (Wildman–Crippen MR) is 77.2 cm³/mol. The first-order valence-electron chi connectivity index (χ1n) is 5.48. The molecule has 0 aliphatic heterocycles. The summed E-state index contributed by atoms with van der Waals surface area (Å²) in [5.41, 5.74) is 6.71. The first-order valence-corrected chi connectivity index (χ1v) is 7.15. The van der Waals surface area contributed by atoms with Crippen LogP contribution in [0.3, 0.4) is 0 Å². The van der Waals surface area contributed by atoms with Crippen LogP contribution in [0.2, 0.25) is 0 Å². The lowest BCUT2D eigenvalue weighted by atomic mass is 10.1. The minimum absolute atomic E-state index is 0.161. The van der Waals surface area contributed by atoms with Gasteiger partial charge in [0, 0.05) is 14.7 Å². The van der Waals surface area contributed by atoms with E-state index in [1.54, 1.807) is 11.3 Å². The van der Waals surface area contributed by atoms with Gasteiger partial charge in [0.2, 0.25) is 5.91 Å². The Morgan fingerprint density at radius 2 is 2.11 bits per heavy atom. The molecule has 1 aromatic carbocycles. The molecule has 0 saturated heterocycles. The Hall–Kier alpha value is -1.17. The number of carbonyl (C=O) groups is 1. The Labute approximate surface area is 118 Å². The van der Waals surface area contributed by atoms with Crippen molar-refractivity contribution in [2.45, 2.75) is 12.6 Å². The van der Waals surface area contributed by atoms with E-state index >= 15 is 0 Å². The summed E-state index contributed by atoms with van der Waals surface area (Å²) in [4.78, 5) is 13.0. The number of rotatable bonds is 4. The van der Waals surface area contributed by atoms with Gasteiger partial charge in [-0.1, -0.05) is 30.3 Å². The second-order valence-corrected chi connectivity index (χ2v) is 5.75. The standard InChI is InChI=1S/C13H13BrN2OS/c14-10-6-11(18-8-10)7-16-13(17)12(15)9-4-2-1-3-5-9/h1-6,8,12H,7,15H2,(H,16,17)/t12-/m0/s1. The number of benzene rings is 1. The molecule has 5 heteroatoms. The van der Waals surface area contributed by atoms with Crippen molar-refractivity contribution < 1.29 is 4.79 Å². The maximum Gasteiger partial charge on any atom is 0.241 e. The summed E-state index contributed by atoms with van der Waals surface area (Å²) in [5, 5.41) is 4.82. The van der Waals surface area contributed by atoms with Gasteiger partial charge in [0.05, 0.1) is 6.54 Å². The normalized spacial score (nSPS) is 12.1. The average molecular weight is 325 g/mol. The van der Waals surface area contributed by atoms with E-state index in [9.17, 15) is 4.79 Å². The molecule has 0 radical (unpaired) electrons. The van der Waals surface area contributed by atoms with E-state index in [0.717, 1.165) is 14.9 Å². The number of hydrogen-bond donors (Lipinski definition) is 2. The molecule has 0 fully saturated rings. The van der Waals surface area contributed by atoms with Crippen LogP contribution in [0, 0.1) is 0 Å². The minimum atomic E-state index is -0.616. The fourth-order valence-electron chi connectivity index (χ4n) is 1.54. The summed E-state index contributed by atoms with van der Waals surface area (Å²) in [6, 6.07) is 10.7. The van der Waals surface area contributed by atoms with Gasteiger partial charge in [-0.25, -0.2) is 0 Å². The lowest BCUT2D eigenvalue weighted by Gasteiger charge is -2.11. The van der Waals surface area contributed by atoms with Crippen LogP contribution in [0.5, 0.6) is 0 Å². The molecule has 1 aromatic heterocycles. The first kappa shape index (κ1) is 13.3. The van der Waals surface area contributed by atoms with Gasteiger partial charge < -0.3 is 11.1 Å². The molecule has 0 aliphatic rings. The zero-order valence-corrected chi connectivity index (χ0v) is 12.0. The van der Waals surface area contributed by atoms with Crippen LogP contribution < -0.4 is 11.1 Å². The zero-order valence-electron chi connectivity index (χ0n) is 9.60. The fraction of sp³-hybridized carbons (Fsp3) is 0.154. The van der Waals surface area contributed by atoms with E-state index in [-0.39, 0.29) is 5.91 Å². The second kappa shape index (κ2) is 6.13. The van der Waals surface area contributed by atoms with E-state index in [1.807, 2.05) is 41.8 Å². The molecule has 1 heterocycles. The molecule has 3 N–H and O–H groups in total. The predicted octanol–water partition coefficient (Wildman–Crippen LogP) is 2.83. The molecule has 2 rings (SSSR count). The third-order valence-corrected chi connectivity index (χ3v) is 4.20. The Balaban J connectivity index is 1.92. The lowest BCUT2D eigenvalue weighted by molar-refractivity contribution is -0.122. The third kappa shape index (κ3) is 3.41. The van der Waals surface area contributed by atoms with Crippen molar-refractivity contribution in [2.24, 2.45) is 5.73 Å². The average Bonchev–Trinajstić information content (AvgIpc) is 2.82. The van der Waals surface area contributed by atoms with Crippen molar-refractivity contribution in [3.8, 4) is 0 Å². The minimum Gasteiger partial charge on any atom is -0.350 e. The molecular formula is C13H13BrN2OS. The number of amides is 1. The number of hydrogen-bond acceptors (Lipinski definition) is 3. The van der Waals surface area contributed by atoms with Crippen LogP contribution in [0.1, 0.15) is 16.5 Å². The largest absolute Gasteiger partial charge is 0.350 e. The number of halogens is 1. The van der Waals surface area contributed by atoms with Crippen molar-refractivity contribution in [1.29, 1.82) is 0 Å². The molecular weight excluding hydrogens is 312 g/mol. The molecule has 0 saturated carbocycles. The SMILES string of the molecule is N[C@H](C(=O)NCc1cc(Br)cs1)c1ccccc1. The number of nitrogens with one attached hydrogen (secondary N) is 1. The highest BCUT2D eigenvalue weighted by Crippen LogP contribution is 2.19. The molecule has 0 aliphatic carbocycles. The van der Waals surface area contributed by atoms with Crippen LogP contribution in [0.15, 0.2) is 46.3 Å². The summed E-state index contributed by atoms with van der Waals surface area (Å²) in [6.07, 6.45) is 0. The molecule has 18 heavy (non-hydrogen) atoms. The highest BCUT2D eigenvalue weighted by atomic mass is 79.9. The molecule has 0 spiro atoms. The maximum absolute atomic E-state index is 11.9. The fourth-order valence-corrected chi connectivity index (χ4v) is 2.93. The smallest absolute Gasteiger partial charge is 0.241 e. The van der Waals surface area contributed by atoms with Crippen LogP contribution in [0.4, 0.5) is 0 Å². The van der Waals surface area contributed by atoms with Crippen molar-refractivity contribution in [3.63, 3.8) is 0 Å². The van der Waals surface area contributed by atoms with E-state index in [4.69, 9.17) is 5.73 Å². The third-order valence-electron chi connectivity index (χ3n) is 2.50. The van der Waals surface area contributed by atoms with Crippen LogP contribution in [0.25, 0.3) is 0 Å². The monoisotopic (exact) mass is 324 g/mol. The van der Waals surface area contributed by atoms with Crippen molar-refractivity contribution in [2.75, 3.05) is 0 Å². The first-order chi connectivity index (χ1) is 8.66. The molecule has 1 atom stereocenters. The van der Waals surface area contributed by atoms with Crippen molar-refractivity contribution in [3.05, 3.63) is 56.7 Å². The van der Waals surface area contributed by atoms with Gasteiger partial charge in [-0.3, -0.25) is 4.79 Å². The summed E-state index contributed by atoms with van der Waals surface area (Å²) in [6.45, 7) is 0.510. The van der Waals surface area contributed by atoms with Crippen molar-refractivity contribution in [1.82, 2.24) is 5.32 Å². The number of nitrogens with two attached hydrogens (primary N) is 1. The van der Waals surface area contributed by atoms with E-state index in [1.165, 1.54) is 0 Å². The van der Waals surface area contributed by atoms with Gasteiger partial charge in [-0.05, 0) is 27.6 Å². The quantitative estimate of drug-likeness (QED) is 0.908. The number of carbonyl (C=O) groups excluding carboxylic acids is 1. The Morgan fingerprint density at radius 3 is 2.72 bits per heavy atom. The maximum atomic E-state index is 11.9. The van der Waals surface area contributed by atoms with E-state index < -0.39 is 6.04 Å². The van der Waals surface area contributed by atoms with Gasteiger partial charge >= 0.3 is 0 Å². The van der Waals surface area contributed by atoms with Gasteiger partial charge in [-0.15, -0.1) is 11.3 Å².